The molecule has 0 aliphatic rings. The summed E-state index contributed by atoms with van der Waals surface area (Å²) in [5.74, 6) is -1.16. The van der Waals surface area contributed by atoms with Crippen LogP contribution in [0.5, 0.6) is 0 Å². The molecule has 0 saturated heterocycles. The number of amides is 1. The summed E-state index contributed by atoms with van der Waals surface area (Å²) in [5.41, 5.74) is -0.350. The molecule has 1 aromatic heterocycles. The Morgan fingerprint density at radius 2 is 1.87 bits per heavy atom. The molecule has 0 atom stereocenters. The molecule has 1 heterocycles. The standard InChI is InChI=1S/C15H15ClN2O4S/c1-15(2,3)22-14(21)18(10-6-4-9(16)5-7-10)13-17-11(8-23-13)12(19)20/h4-8H,1-3H3,(H,19,20). The van der Waals surface area contributed by atoms with E-state index in [1.54, 1.807) is 45.0 Å². The molecule has 8 heteroatoms. The highest BCUT2D eigenvalue weighted by atomic mass is 35.5. The van der Waals surface area contributed by atoms with Crippen LogP contribution in [0.3, 0.4) is 0 Å². The number of thiazole rings is 1. The van der Waals surface area contributed by atoms with Crippen LogP contribution in [0.15, 0.2) is 29.6 Å². The highest BCUT2D eigenvalue weighted by molar-refractivity contribution is 7.14. The first-order valence-corrected chi connectivity index (χ1v) is 7.90. The van der Waals surface area contributed by atoms with E-state index < -0.39 is 17.7 Å². The van der Waals surface area contributed by atoms with E-state index in [0.29, 0.717) is 10.7 Å². The predicted molar refractivity (Wildman–Crippen MR) is 88.9 cm³/mol. The van der Waals surface area contributed by atoms with Crippen molar-refractivity contribution >= 4 is 45.8 Å². The van der Waals surface area contributed by atoms with E-state index in [1.807, 2.05) is 0 Å². The van der Waals surface area contributed by atoms with E-state index in [9.17, 15) is 9.59 Å². The van der Waals surface area contributed by atoms with E-state index in [2.05, 4.69) is 4.98 Å². The van der Waals surface area contributed by atoms with Gasteiger partial charge in [0, 0.05) is 10.4 Å². The van der Waals surface area contributed by atoms with Crippen LogP contribution >= 0.6 is 22.9 Å². The van der Waals surface area contributed by atoms with Gasteiger partial charge >= 0.3 is 12.1 Å². The van der Waals surface area contributed by atoms with Gasteiger partial charge in [0.2, 0.25) is 0 Å². The number of carboxylic acids is 1. The third-order valence-electron chi connectivity index (χ3n) is 2.56. The van der Waals surface area contributed by atoms with Crippen LogP contribution in [0.4, 0.5) is 15.6 Å². The highest BCUT2D eigenvalue weighted by Crippen LogP contribution is 2.31. The Bertz CT molecular complexity index is 722. The monoisotopic (exact) mass is 354 g/mol. The molecular weight excluding hydrogens is 340 g/mol. The first-order valence-electron chi connectivity index (χ1n) is 6.65. The minimum atomic E-state index is -1.16. The summed E-state index contributed by atoms with van der Waals surface area (Å²) >= 11 is 6.91. The lowest BCUT2D eigenvalue weighted by atomic mass is 10.2. The Morgan fingerprint density at radius 3 is 2.35 bits per heavy atom. The first kappa shape index (κ1) is 17.2. The van der Waals surface area contributed by atoms with Gasteiger partial charge in [-0.05, 0) is 45.0 Å². The summed E-state index contributed by atoms with van der Waals surface area (Å²) < 4.78 is 5.38. The van der Waals surface area contributed by atoms with Crippen molar-refractivity contribution in [1.29, 1.82) is 0 Å². The van der Waals surface area contributed by atoms with Gasteiger partial charge in [-0.2, -0.15) is 0 Å². The van der Waals surface area contributed by atoms with Gasteiger partial charge in [-0.15, -0.1) is 11.3 Å². The third-order valence-corrected chi connectivity index (χ3v) is 3.64. The summed E-state index contributed by atoms with van der Waals surface area (Å²) in [4.78, 5) is 28.7. The smallest absolute Gasteiger partial charge is 0.421 e. The summed E-state index contributed by atoms with van der Waals surface area (Å²) in [6.45, 7) is 5.24. The molecule has 1 N–H and O–H groups in total. The molecule has 0 spiro atoms. The lowest BCUT2D eigenvalue weighted by Crippen LogP contribution is -2.33. The fraction of sp³-hybridized carbons (Fsp3) is 0.267. The van der Waals surface area contributed by atoms with Crippen LogP contribution in [0, 0.1) is 0 Å². The third kappa shape index (κ3) is 4.43. The minimum Gasteiger partial charge on any atom is -0.476 e. The van der Waals surface area contributed by atoms with E-state index in [1.165, 1.54) is 10.3 Å². The molecule has 0 aliphatic heterocycles. The molecule has 0 fully saturated rings. The molecule has 122 valence electrons. The Hall–Kier alpha value is -2.12. The molecule has 0 aliphatic carbocycles. The average Bonchev–Trinajstić information content (AvgIpc) is 2.89. The molecule has 0 unspecified atom stereocenters. The van der Waals surface area contributed by atoms with Crippen molar-refractivity contribution < 1.29 is 19.4 Å². The maximum absolute atomic E-state index is 12.5. The number of ether oxygens (including phenoxy) is 1. The molecular formula is C15H15ClN2O4S. The van der Waals surface area contributed by atoms with Gasteiger partial charge in [0.15, 0.2) is 10.8 Å². The average molecular weight is 355 g/mol. The van der Waals surface area contributed by atoms with E-state index in [4.69, 9.17) is 21.4 Å². The van der Waals surface area contributed by atoms with Gasteiger partial charge < -0.3 is 9.84 Å². The van der Waals surface area contributed by atoms with Crippen LogP contribution in [0.2, 0.25) is 5.02 Å². The Labute approximate surface area is 142 Å². The number of nitrogens with zero attached hydrogens (tertiary/aromatic N) is 2. The Balaban J connectivity index is 2.43. The molecule has 0 radical (unpaired) electrons. The molecule has 1 aromatic carbocycles. The van der Waals surface area contributed by atoms with Crippen molar-refractivity contribution in [3.8, 4) is 0 Å². The normalized spacial score (nSPS) is 11.1. The number of hydrogen-bond acceptors (Lipinski definition) is 5. The molecule has 2 rings (SSSR count). The maximum atomic E-state index is 12.5. The Morgan fingerprint density at radius 1 is 1.26 bits per heavy atom. The van der Waals surface area contributed by atoms with Crippen molar-refractivity contribution in [1.82, 2.24) is 4.98 Å². The predicted octanol–water partition coefficient (Wildman–Crippen LogP) is 4.57. The van der Waals surface area contributed by atoms with Gasteiger partial charge in [0.25, 0.3) is 0 Å². The summed E-state index contributed by atoms with van der Waals surface area (Å²) in [6, 6.07) is 6.52. The number of carbonyl (C=O) groups is 2. The zero-order chi connectivity index (χ0) is 17.2. The fourth-order valence-electron chi connectivity index (χ4n) is 1.66. The van der Waals surface area contributed by atoms with E-state index in [-0.39, 0.29) is 10.8 Å². The molecule has 2 aromatic rings. The molecule has 1 amide bonds. The number of carbonyl (C=O) groups excluding carboxylic acids is 1. The number of anilines is 2. The van der Waals surface area contributed by atoms with Gasteiger partial charge in [-0.25, -0.2) is 19.5 Å². The Kier molecular flexibility index (Phi) is 4.91. The number of hydrogen-bond donors (Lipinski definition) is 1. The number of aromatic nitrogens is 1. The SMILES string of the molecule is CC(C)(C)OC(=O)N(c1ccc(Cl)cc1)c1nc(C(=O)O)cs1. The van der Waals surface area contributed by atoms with Crippen molar-refractivity contribution in [2.45, 2.75) is 26.4 Å². The molecule has 6 nitrogen and oxygen atoms in total. The van der Waals surface area contributed by atoms with E-state index >= 15 is 0 Å². The van der Waals surface area contributed by atoms with Gasteiger partial charge in [0.1, 0.15) is 5.60 Å². The topological polar surface area (TPSA) is 79.7 Å². The van der Waals surface area contributed by atoms with Gasteiger partial charge in [0.05, 0.1) is 5.69 Å². The highest BCUT2D eigenvalue weighted by Gasteiger charge is 2.27. The fourth-order valence-corrected chi connectivity index (χ4v) is 2.59. The number of rotatable bonds is 3. The number of carboxylic acid groups (broad SMARTS) is 1. The molecule has 0 saturated carbocycles. The number of benzene rings is 1. The second-order valence-electron chi connectivity index (χ2n) is 5.61. The van der Waals surface area contributed by atoms with Gasteiger partial charge in [-0.1, -0.05) is 11.6 Å². The largest absolute Gasteiger partial charge is 0.476 e. The van der Waals surface area contributed by atoms with E-state index in [0.717, 1.165) is 11.3 Å². The van der Waals surface area contributed by atoms with Crippen LogP contribution in [-0.2, 0) is 4.74 Å². The van der Waals surface area contributed by atoms with Crippen molar-refractivity contribution in [3.63, 3.8) is 0 Å². The minimum absolute atomic E-state index is 0.132. The van der Waals surface area contributed by atoms with Gasteiger partial charge in [-0.3, -0.25) is 0 Å². The van der Waals surface area contributed by atoms with Crippen molar-refractivity contribution in [2.75, 3.05) is 4.90 Å². The van der Waals surface area contributed by atoms with Crippen molar-refractivity contribution in [3.05, 3.63) is 40.4 Å². The first-order chi connectivity index (χ1) is 10.7. The van der Waals surface area contributed by atoms with Crippen LogP contribution in [0.25, 0.3) is 0 Å². The number of halogens is 1. The maximum Gasteiger partial charge on any atom is 0.421 e. The van der Waals surface area contributed by atoms with Crippen molar-refractivity contribution in [2.24, 2.45) is 0 Å². The number of aromatic carboxylic acids is 1. The summed E-state index contributed by atoms with van der Waals surface area (Å²) in [6.07, 6.45) is -0.647. The second kappa shape index (κ2) is 6.55. The summed E-state index contributed by atoms with van der Waals surface area (Å²) in [5, 5.41) is 11.1. The molecule has 0 bridgehead atoms. The lowest BCUT2D eigenvalue weighted by molar-refractivity contribution is 0.0596. The summed E-state index contributed by atoms with van der Waals surface area (Å²) in [7, 11) is 0. The quantitative estimate of drug-likeness (QED) is 0.873. The zero-order valence-electron chi connectivity index (χ0n) is 12.7. The lowest BCUT2D eigenvalue weighted by Gasteiger charge is -2.25. The zero-order valence-corrected chi connectivity index (χ0v) is 14.3. The van der Waals surface area contributed by atoms with Crippen LogP contribution in [0.1, 0.15) is 31.3 Å². The second-order valence-corrected chi connectivity index (χ2v) is 6.89. The van der Waals surface area contributed by atoms with Crippen LogP contribution in [-0.4, -0.2) is 27.8 Å². The van der Waals surface area contributed by atoms with Crippen LogP contribution < -0.4 is 4.90 Å². The molecule has 23 heavy (non-hydrogen) atoms.